The van der Waals surface area contributed by atoms with Gasteiger partial charge in [0, 0.05) is 26.2 Å². The van der Waals surface area contributed by atoms with Crippen molar-refractivity contribution in [2.24, 2.45) is 0 Å². The first kappa shape index (κ1) is 15.4. The summed E-state index contributed by atoms with van der Waals surface area (Å²) in [4.78, 5) is 14.1. The van der Waals surface area contributed by atoms with Gasteiger partial charge in [0.15, 0.2) is 0 Å². The molecular weight excluding hydrogens is 332 g/mol. The van der Waals surface area contributed by atoms with Crippen LogP contribution in [0.2, 0.25) is 0 Å². The van der Waals surface area contributed by atoms with Gasteiger partial charge >= 0.3 is 0 Å². The molecule has 0 aliphatic carbocycles. The molecule has 1 saturated heterocycles. The van der Waals surface area contributed by atoms with E-state index in [9.17, 15) is 10.5 Å². The van der Waals surface area contributed by atoms with Crippen LogP contribution in [0.4, 0.5) is 11.5 Å². The highest BCUT2D eigenvalue weighted by atomic mass is 32.1. The number of piperazine rings is 1. The van der Waals surface area contributed by atoms with Gasteiger partial charge in [-0.3, -0.25) is 0 Å². The fourth-order valence-corrected chi connectivity index (χ4v) is 3.96. The van der Waals surface area contributed by atoms with Gasteiger partial charge in [0.2, 0.25) is 0 Å². The zero-order valence-corrected chi connectivity index (χ0v) is 14.2. The van der Waals surface area contributed by atoms with E-state index in [2.05, 4.69) is 38.0 Å². The van der Waals surface area contributed by atoms with Crippen molar-refractivity contribution < 1.29 is 0 Å². The molecule has 2 aromatic heterocycles. The number of rotatable bonds is 2. The lowest BCUT2D eigenvalue weighted by atomic mass is 10.1. The van der Waals surface area contributed by atoms with E-state index in [4.69, 9.17) is 0 Å². The van der Waals surface area contributed by atoms with Gasteiger partial charge in [-0.15, -0.1) is 11.3 Å². The molecule has 1 aliphatic heterocycles. The fourth-order valence-electron chi connectivity index (χ4n) is 3.24. The number of fused-ring (bicyclic) bond motifs is 1. The number of hydrogen-bond acceptors (Lipinski definition) is 7. The van der Waals surface area contributed by atoms with Gasteiger partial charge in [-0.2, -0.15) is 10.5 Å². The van der Waals surface area contributed by atoms with E-state index in [0.717, 1.165) is 47.9 Å². The summed E-state index contributed by atoms with van der Waals surface area (Å²) in [6.45, 7) is 3.05. The molecule has 6 nitrogen and oxygen atoms in total. The zero-order valence-electron chi connectivity index (χ0n) is 13.4. The van der Waals surface area contributed by atoms with Crippen LogP contribution in [-0.2, 0) is 0 Å². The molecule has 0 amide bonds. The molecule has 25 heavy (non-hydrogen) atoms. The maximum Gasteiger partial charge on any atom is 0.140 e. The Balaban J connectivity index is 1.60. The van der Waals surface area contributed by atoms with Crippen molar-refractivity contribution in [3.8, 4) is 12.1 Å². The molecule has 1 aliphatic rings. The average molecular weight is 346 g/mol. The standard InChI is InChI=1S/C18H14N6S/c19-10-13-2-1-3-14(11-20)16(13)23-5-7-24(8-6-23)17-15-4-9-25-18(15)22-12-21-17/h1-4,9,12H,5-8H2. The molecule has 3 heterocycles. The molecule has 0 saturated carbocycles. The molecule has 0 radical (unpaired) electrons. The number of nitrogens with zero attached hydrogens (tertiary/aromatic N) is 6. The number of benzene rings is 1. The topological polar surface area (TPSA) is 79.8 Å². The summed E-state index contributed by atoms with van der Waals surface area (Å²) in [5.41, 5.74) is 1.85. The second-order valence-corrected chi connectivity index (χ2v) is 6.63. The number of anilines is 2. The predicted octanol–water partition coefficient (Wildman–Crippen LogP) is 2.76. The third-order valence-electron chi connectivity index (χ3n) is 4.41. The first-order valence-corrected chi connectivity index (χ1v) is 8.81. The highest BCUT2D eigenvalue weighted by Crippen LogP contribution is 2.30. The number of para-hydroxylation sites is 1. The summed E-state index contributed by atoms with van der Waals surface area (Å²) in [7, 11) is 0. The summed E-state index contributed by atoms with van der Waals surface area (Å²) in [5.74, 6) is 0.958. The van der Waals surface area contributed by atoms with Crippen LogP contribution in [0.1, 0.15) is 11.1 Å². The third kappa shape index (κ3) is 2.65. The van der Waals surface area contributed by atoms with Crippen LogP contribution in [0.25, 0.3) is 10.2 Å². The lowest BCUT2D eigenvalue weighted by Gasteiger charge is -2.37. The van der Waals surface area contributed by atoms with Gasteiger partial charge in [-0.1, -0.05) is 6.07 Å². The van der Waals surface area contributed by atoms with Crippen LogP contribution in [0, 0.1) is 22.7 Å². The fraction of sp³-hybridized carbons (Fsp3) is 0.222. The van der Waals surface area contributed by atoms with Crippen molar-refractivity contribution in [3.63, 3.8) is 0 Å². The molecule has 7 heteroatoms. The maximum absolute atomic E-state index is 9.38. The SMILES string of the molecule is N#Cc1cccc(C#N)c1N1CCN(c2ncnc3sccc23)CC1. The van der Waals surface area contributed by atoms with Gasteiger partial charge in [0.25, 0.3) is 0 Å². The Kier molecular flexibility index (Phi) is 3.93. The minimum atomic E-state index is 0.551. The number of nitriles is 2. The van der Waals surface area contributed by atoms with Crippen LogP contribution in [0.15, 0.2) is 36.0 Å². The second-order valence-electron chi connectivity index (χ2n) is 5.74. The Labute approximate surface area is 149 Å². The minimum Gasteiger partial charge on any atom is -0.366 e. The Morgan fingerprint density at radius 2 is 1.60 bits per heavy atom. The van der Waals surface area contributed by atoms with E-state index in [1.54, 1.807) is 35.9 Å². The smallest absolute Gasteiger partial charge is 0.140 e. The van der Waals surface area contributed by atoms with Crippen LogP contribution in [0.5, 0.6) is 0 Å². The Morgan fingerprint density at radius 3 is 2.28 bits per heavy atom. The minimum absolute atomic E-state index is 0.551. The predicted molar refractivity (Wildman–Crippen MR) is 97.7 cm³/mol. The van der Waals surface area contributed by atoms with Gasteiger partial charge < -0.3 is 9.80 Å². The zero-order chi connectivity index (χ0) is 17.2. The number of thiophene rings is 1. The largest absolute Gasteiger partial charge is 0.366 e. The van der Waals surface area contributed by atoms with Gasteiger partial charge in [0.1, 0.15) is 29.1 Å². The van der Waals surface area contributed by atoms with Crippen molar-refractivity contribution >= 4 is 33.1 Å². The van der Waals surface area contributed by atoms with Gasteiger partial charge in [0.05, 0.1) is 22.2 Å². The van der Waals surface area contributed by atoms with Crippen molar-refractivity contribution in [1.29, 1.82) is 10.5 Å². The molecule has 0 spiro atoms. The maximum atomic E-state index is 9.38. The average Bonchev–Trinajstić information content (AvgIpc) is 3.16. The summed E-state index contributed by atoms with van der Waals surface area (Å²) in [6.07, 6.45) is 1.61. The second kappa shape index (κ2) is 6.39. The lowest BCUT2D eigenvalue weighted by molar-refractivity contribution is 0.648. The molecular formula is C18H14N6S. The summed E-state index contributed by atoms with van der Waals surface area (Å²) < 4.78 is 0. The van der Waals surface area contributed by atoms with Gasteiger partial charge in [-0.25, -0.2) is 9.97 Å². The quantitative estimate of drug-likeness (QED) is 0.710. The molecule has 0 bridgehead atoms. The van der Waals surface area contributed by atoms with Crippen molar-refractivity contribution in [1.82, 2.24) is 9.97 Å². The van der Waals surface area contributed by atoms with Crippen LogP contribution in [-0.4, -0.2) is 36.1 Å². The monoisotopic (exact) mass is 346 g/mol. The van der Waals surface area contributed by atoms with E-state index in [1.807, 2.05) is 5.38 Å². The summed E-state index contributed by atoms with van der Waals surface area (Å²) in [5, 5.41) is 21.9. The highest BCUT2D eigenvalue weighted by molar-refractivity contribution is 7.16. The highest BCUT2D eigenvalue weighted by Gasteiger charge is 2.23. The first-order chi connectivity index (χ1) is 12.3. The van der Waals surface area contributed by atoms with Crippen LogP contribution < -0.4 is 9.80 Å². The number of aromatic nitrogens is 2. The first-order valence-electron chi connectivity index (χ1n) is 7.93. The third-order valence-corrected chi connectivity index (χ3v) is 5.23. The summed E-state index contributed by atoms with van der Waals surface area (Å²) >= 11 is 1.61. The van der Waals surface area contributed by atoms with Crippen LogP contribution >= 0.6 is 11.3 Å². The molecule has 1 aromatic carbocycles. The molecule has 4 rings (SSSR count). The van der Waals surface area contributed by atoms with E-state index < -0.39 is 0 Å². The molecule has 0 N–H and O–H groups in total. The van der Waals surface area contributed by atoms with Crippen molar-refractivity contribution in [2.75, 3.05) is 36.0 Å². The van der Waals surface area contributed by atoms with Crippen molar-refractivity contribution in [2.45, 2.75) is 0 Å². The van der Waals surface area contributed by atoms with Gasteiger partial charge in [-0.05, 0) is 23.6 Å². The molecule has 0 unspecified atom stereocenters. The van der Waals surface area contributed by atoms with E-state index in [0.29, 0.717) is 11.1 Å². The Hall–Kier alpha value is -3.16. The Morgan fingerprint density at radius 1 is 0.920 bits per heavy atom. The Bertz CT molecular complexity index is 972. The van der Waals surface area contributed by atoms with Crippen LogP contribution in [0.3, 0.4) is 0 Å². The summed E-state index contributed by atoms with van der Waals surface area (Å²) in [6, 6.07) is 11.8. The number of hydrogen-bond donors (Lipinski definition) is 0. The van der Waals surface area contributed by atoms with E-state index >= 15 is 0 Å². The molecule has 0 atom stereocenters. The molecule has 1 fully saturated rings. The normalized spacial score (nSPS) is 14.3. The van der Waals surface area contributed by atoms with E-state index in [-0.39, 0.29) is 0 Å². The van der Waals surface area contributed by atoms with E-state index in [1.165, 1.54) is 0 Å². The van der Waals surface area contributed by atoms with Crippen molar-refractivity contribution in [3.05, 3.63) is 47.1 Å². The molecule has 3 aromatic rings. The molecule has 122 valence electrons. The lowest BCUT2D eigenvalue weighted by Crippen LogP contribution is -2.47.